The smallest absolute Gasteiger partial charge is 0.366 e. The van der Waals surface area contributed by atoms with Crippen LogP contribution < -0.4 is 5.32 Å². The van der Waals surface area contributed by atoms with Crippen molar-refractivity contribution in [3.63, 3.8) is 0 Å². The fraction of sp³-hybridized carbons (Fsp3) is 0.125. The second-order valence-electron chi connectivity index (χ2n) is 4.90. The summed E-state index contributed by atoms with van der Waals surface area (Å²) in [5.74, 6) is 0.715. The minimum Gasteiger partial charge on any atom is -0.366 e. The van der Waals surface area contributed by atoms with Crippen LogP contribution >= 0.6 is 0 Å². The Morgan fingerprint density at radius 1 is 1.04 bits per heavy atom. The minimum absolute atomic E-state index is 0.462. The average molecular weight is 318 g/mol. The molecule has 0 aliphatic carbocycles. The van der Waals surface area contributed by atoms with Crippen LogP contribution in [0.3, 0.4) is 0 Å². The first-order valence-corrected chi connectivity index (χ1v) is 6.89. The second kappa shape index (κ2) is 6.12. The van der Waals surface area contributed by atoms with Crippen LogP contribution in [0.2, 0.25) is 0 Å². The third-order valence-electron chi connectivity index (χ3n) is 3.33. The molecule has 0 aliphatic rings. The van der Waals surface area contributed by atoms with Crippen LogP contribution in [0.4, 0.5) is 19.0 Å². The summed E-state index contributed by atoms with van der Waals surface area (Å²) in [7, 11) is 0. The molecule has 3 aromatic rings. The molecule has 1 aromatic carbocycles. The molecular formula is C16H13F3N4. The van der Waals surface area contributed by atoms with Crippen LogP contribution in [0.15, 0.2) is 54.9 Å². The van der Waals surface area contributed by atoms with Crippen molar-refractivity contribution in [3.05, 3.63) is 66.0 Å². The van der Waals surface area contributed by atoms with Crippen LogP contribution in [-0.2, 0) is 12.7 Å². The molecule has 0 bridgehead atoms. The van der Waals surface area contributed by atoms with Crippen molar-refractivity contribution in [1.82, 2.24) is 15.2 Å². The van der Waals surface area contributed by atoms with E-state index in [0.717, 1.165) is 17.7 Å². The number of pyridine rings is 1. The van der Waals surface area contributed by atoms with Gasteiger partial charge in [-0.05, 0) is 24.3 Å². The summed E-state index contributed by atoms with van der Waals surface area (Å²) in [5, 5.41) is 10.0. The quantitative estimate of drug-likeness (QED) is 0.761. The zero-order valence-corrected chi connectivity index (χ0v) is 11.9. The number of anilines is 1. The highest BCUT2D eigenvalue weighted by Gasteiger charge is 2.30. The van der Waals surface area contributed by atoms with Gasteiger partial charge in [-0.2, -0.15) is 18.3 Å². The fourth-order valence-electron chi connectivity index (χ4n) is 2.17. The molecule has 3 rings (SSSR count). The van der Waals surface area contributed by atoms with E-state index in [0.29, 0.717) is 23.6 Å². The first-order valence-electron chi connectivity index (χ1n) is 6.89. The van der Waals surface area contributed by atoms with Crippen LogP contribution in [0, 0.1) is 0 Å². The van der Waals surface area contributed by atoms with Gasteiger partial charge in [-0.1, -0.05) is 18.2 Å². The molecule has 0 fully saturated rings. The SMILES string of the molecule is FC(F)(F)c1ccc(-c2n[nH]cc2CNc2ccccn2)cc1. The van der Waals surface area contributed by atoms with E-state index in [2.05, 4.69) is 20.5 Å². The lowest BCUT2D eigenvalue weighted by Gasteiger charge is -2.08. The Kier molecular flexibility index (Phi) is 4.01. The van der Waals surface area contributed by atoms with Gasteiger partial charge < -0.3 is 5.32 Å². The van der Waals surface area contributed by atoms with E-state index < -0.39 is 11.7 Å². The number of aromatic amines is 1. The number of rotatable bonds is 4. The standard InChI is InChI=1S/C16H13F3N4/c17-16(18,19)13-6-4-11(5-7-13)15-12(10-22-23-15)9-21-14-3-1-2-8-20-14/h1-8,10H,9H2,(H,20,21)(H,22,23). The maximum Gasteiger partial charge on any atom is 0.416 e. The molecule has 0 radical (unpaired) electrons. The summed E-state index contributed by atoms with van der Waals surface area (Å²) in [6.07, 6.45) is -0.953. The molecule has 7 heteroatoms. The van der Waals surface area contributed by atoms with E-state index in [1.54, 1.807) is 12.4 Å². The lowest BCUT2D eigenvalue weighted by Crippen LogP contribution is -2.04. The predicted molar refractivity (Wildman–Crippen MR) is 80.6 cm³/mol. The van der Waals surface area contributed by atoms with E-state index in [4.69, 9.17) is 0 Å². The van der Waals surface area contributed by atoms with Crippen molar-refractivity contribution < 1.29 is 13.2 Å². The number of nitrogens with one attached hydrogen (secondary N) is 2. The van der Waals surface area contributed by atoms with E-state index in [1.165, 1.54) is 12.1 Å². The molecule has 23 heavy (non-hydrogen) atoms. The van der Waals surface area contributed by atoms with Gasteiger partial charge in [-0.3, -0.25) is 5.10 Å². The van der Waals surface area contributed by atoms with Gasteiger partial charge in [0.05, 0.1) is 11.3 Å². The fourth-order valence-corrected chi connectivity index (χ4v) is 2.17. The lowest BCUT2D eigenvalue weighted by atomic mass is 10.1. The van der Waals surface area contributed by atoms with E-state index >= 15 is 0 Å². The molecule has 0 aliphatic heterocycles. The first kappa shape index (κ1) is 15.1. The van der Waals surface area contributed by atoms with Gasteiger partial charge >= 0.3 is 6.18 Å². The summed E-state index contributed by atoms with van der Waals surface area (Å²) < 4.78 is 37.8. The monoisotopic (exact) mass is 318 g/mol. The van der Waals surface area contributed by atoms with Crippen LogP contribution in [0.5, 0.6) is 0 Å². The maximum absolute atomic E-state index is 12.6. The summed E-state index contributed by atoms with van der Waals surface area (Å²) >= 11 is 0. The minimum atomic E-state index is -4.34. The Bertz CT molecular complexity index is 764. The molecule has 2 aromatic heterocycles. The van der Waals surface area contributed by atoms with Crippen molar-refractivity contribution in [3.8, 4) is 11.3 Å². The molecule has 2 N–H and O–H groups in total. The second-order valence-corrected chi connectivity index (χ2v) is 4.90. The van der Waals surface area contributed by atoms with E-state index in [9.17, 15) is 13.2 Å². The van der Waals surface area contributed by atoms with Gasteiger partial charge in [0.25, 0.3) is 0 Å². The van der Waals surface area contributed by atoms with Gasteiger partial charge in [-0.15, -0.1) is 0 Å². The number of benzene rings is 1. The molecule has 0 saturated carbocycles. The summed E-state index contributed by atoms with van der Waals surface area (Å²) in [4.78, 5) is 4.15. The highest BCUT2D eigenvalue weighted by molar-refractivity contribution is 5.63. The highest BCUT2D eigenvalue weighted by atomic mass is 19.4. The molecule has 0 atom stereocenters. The number of nitrogens with zero attached hydrogens (tertiary/aromatic N) is 2. The Labute approximate surface area is 130 Å². The molecule has 0 saturated heterocycles. The molecule has 0 unspecified atom stereocenters. The van der Waals surface area contributed by atoms with E-state index in [-0.39, 0.29) is 0 Å². The van der Waals surface area contributed by atoms with Gasteiger partial charge in [-0.25, -0.2) is 4.98 Å². The zero-order valence-electron chi connectivity index (χ0n) is 11.9. The number of halogens is 3. The Hall–Kier alpha value is -2.83. The first-order chi connectivity index (χ1) is 11.0. The van der Waals surface area contributed by atoms with Crippen molar-refractivity contribution in [2.24, 2.45) is 0 Å². The Morgan fingerprint density at radius 3 is 2.48 bits per heavy atom. The van der Waals surface area contributed by atoms with Crippen molar-refractivity contribution in [2.75, 3.05) is 5.32 Å². The third-order valence-corrected chi connectivity index (χ3v) is 3.33. The van der Waals surface area contributed by atoms with Gasteiger partial charge in [0.15, 0.2) is 0 Å². The summed E-state index contributed by atoms with van der Waals surface area (Å²) in [5.41, 5.74) is 1.40. The number of aromatic nitrogens is 3. The van der Waals surface area contributed by atoms with Gasteiger partial charge in [0, 0.05) is 30.1 Å². The Morgan fingerprint density at radius 2 is 1.83 bits per heavy atom. The molecule has 0 amide bonds. The topological polar surface area (TPSA) is 53.6 Å². The van der Waals surface area contributed by atoms with Crippen LogP contribution in [0.1, 0.15) is 11.1 Å². The molecule has 118 valence electrons. The molecule has 0 spiro atoms. The van der Waals surface area contributed by atoms with Crippen molar-refractivity contribution >= 4 is 5.82 Å². The number of hydrogen-bond donors (Lipinski definition) is 2. The highest BCUT2D eigenvalue weighted by Crippen LogP contribution is 2.31. The number of H-pyrrole nitrogens is 1. The normalized spacial score (nSPS) is 11.4. The summed E-state index contributed by atoms with van der Waals surface area (Å²) in [6, 6.07) is 10.5. The van der Waals surface area contributed by atoms with Gasteiger partial charge in [0.2, 0.25) is 0 Å². The van der Waals surface area contributed by atoms with Crippen molar-refractivity contribution in [2.45, 2.75) is 12.7 Å². The molecule has 4 nitrogen and oxygen atoms in total. The number of hydrogen-bond acceptors (Lipinski definition) is 3. The average Bonchev–Trinajstić information content (AvgIpc) is 3.02. The maximum atomic E-state index is 12.6. The van der Waals surface area contributed by atoms with Crippen LogP contribution in [-0.4, -0.2) is 15.2 Å². The summed E-state index contributed by atoms with van der Waals surface area (Å²) in [6.45, 7) is 0.462. The lowest BCUT2D eigenvalue weighted by molar-refractivity contribution is -0.137. The van der Waals surface area contributed by atoms with Crippen molar-refractivity contribution in [1.29, 1.82) is 0 Å². The zero-order chi connectivity index (χ0) is 16.3. The van der Waals surface area contributed by atoms with Gasteiger partial charge in [0.1, 0.15) is 5.82 Å². The molecular weight excluding hydrogens is 305 g/mol. The van der Waals surface area contributed by atoms with E-state index in [1.807, 2.05) is 18.2 Å². The Balaban J connectivity index is 1.78. The number of alkyl halides is 3. The molecule has 2 heterocycles. The third kappa shape index (κ3) is 3.50. The largest absolute Gasteiger partial charge is 0.416 e. The van der Waals surface area contributed by atoms with Crippen LogP contribution in [0.25, 0.3) is 11.3 Å². The predicted octanol–water partition coefficient (Wildman–Crippen LogP) is 4.10.